The van der Waals surface area contributed by atoms with Crippen molar-refractivity contribution in [3.8, 4) is 0 Å². The largest absolute Gasteiger partial charge is 0.346 e. The number of hydrogen-bond acceptors (Lipinski definition) is 1. The normalized spacial score (nSPS) is 11.9. The molecule has 19 heavy (non-hydrogen) atoms. The van der Waals surface area contributed by atoms with Crippen molar-refractivity contribution in [1.82, 2.24) is 5.32 Å². The van der Waals surface area contributed by atoms with Crippen molar-refractivity contribution in [1.29, 1.82) is 0 Å². The third-order valence-electron chi connectivity index (χ3n) is 3.01. The molecule has 0 saturated heterocycles. The molecule has 2 aromatic rings. The highest BCUT2D eigenvalue weighted by Gasteiger charge is 2.11. The van der Waals surface area contributed by atoms with Gasteiger partial charge >= 0.3 is 0 Å². The van der Waals surface area contributed by atoms with Crippen LogP contribution in [0.3, 0.4) is 0 Å². The maximum atomic E-state index is 12.1. The highest BCUT2D eigenvalue weighted by Crippen LogP contribution is 2.17. The molecule has 2 aromatic carbocycles. The third kappa shape index (κ3) is 3.58. The number of nitrogens with one attached hydrogen (secondary N) is 1. The highest BCUT2D eigenvalue weighted by molar-refractivity contribution is 6.30. The van der Waals surface area contributed by atoms with Gasteiger partial charge in [-0.3, -0.25) is 4.79 Å². The SMILES string of the molecule is Cc1ccc(C(=O)N[C@H](C)c2cccc(Cl)c2)cc1. The summed E-state index contributed by atoms with van der Waals surface area (Å²) in [6.07, 6.45) is 0. The minimum atomic E-state index is -0.0764. The van der Waals surface area contributed by atoms with Crippen LogP contribution in [0, 0.1) is 6.92 Å². The Morgan fingerprint density at radius 2 is 1.84 bits per heavy atom. The molecule has 1 N–H and O–H groups in total. The third-order valence-corrected chi connectivity index (χ3v) is 3.25. The molecular weight excluding hydrogens is 258 g/mol. The summed E-state index contributed by atoms with van der Waals surface area (Å²) in [6.45, 7) is 3.94. The Balaban J connectivity index is 2.08. The van der Waals surface area contributed by atoms with E-state index in [4.69, 9.17) is 11.6 Å². The Kier molecular flexibility index (Phi) is 4.23. The molecular formula is C16H16ClNO. The van der Waals surface area contributed by atoms with Gasteiger partial charge in [-0.15, -0.1) is 0 Å². The van der Waals surface area contributed by atoms with Gasteiger partial charge in [0, 0.05) is 10.6 Å². The van der Waals surface area contributed by atoms with E-state index in [1.807, 2.05) is 62.4 Å². The maximum absolute atomic E-state index is 12.1. The van der Waals surface area contributed by atoms with E-state index in [1.54, 1.807) is 0 Å². The van der Waals surface area contributed by atoms with Crippen molar-refractivity contribution < 1.29 is 4.79 Å². The first-order chi connectivity index (χ1) is 9.06. The minimum Gasteiger partial charge on any atom is -0.346 e. The van der Waals surface area contributed by atoms with Crippen molar-refractivity contribution in [2.75, 3.05) is 0 Å². The highest BCUT2D eigenvalue weighted by atomic mass is 35.5. The topological polar surface area (TPSA) is 29.1 Å². The molecule has 1 atom stereocenters. The Morgan fingerprint density at radius 3 is 2.47 bits per heavy atom. The lowest BCUT2D eigenvalue weighted by Crippen LogP contribution is -2.26. The summed E-state index contributed by atoms with van der Waals surface area (Å²) in [5.41, 5.74) is 2.80. The number of carbonyl (C=O) groups excluding carboxylic acids is 1. The predicted molar refractivity (Wildman–Crippen MR) is 78.5 cm³/mol. The average Bonchev–Trinajstić information content (AvgIpc) is 2.39. The summed E-state index contributed by atoms with van der Waals surface area (Å²) in [5, 5.41) is 3.64. The minimum absolute atomic E-state index is 0.0764. The molecule has 0 aromatic heterocycles. The molecule has 0 fully saturated rings. The second-order valence-corrected chi connectivity index (χ2v) is 5.05. The van der Waals surface area contributed by atoms with Crippen LogP contribution in [0.15, 0.2) is 48.5 Å². The Bertz CT molecular complexity index is 578. The zero-order valence-electron chi connectivity index (χ0n) is 11.0. The Hall–Kier alpha value is -1.80. The van der Waals surface area contributed by atoms with Crippen molar-refractivity contribution >= 4 is 17.5 Å². The molecule has 0 saturated carbocycles. The quantitative estimate of drug-likeness (QED) is 0.895. The van der Waals surface area contributed by atoms with Crippen LogP contribution < -0.4 is 5.32 Å². The Labute approximate surface area is 118 Å². The van der Waals surface area contributed by atoms with Crippen LogP contribution in [0.4, 0.5) is 0 Å². The standard InChI is InChI=1S/C16H16ClNO/c1-11-6-8-13(9-7-11)16(19)18-12(2)14-4-3-5-15(17)10-14/h3-10,12H,1-2H3,(H,18,19)/t12-/m1/s1. The van der Waals surface area contributed by atoms with E-state index < -0.39 is 0 Å². The van der Waals surface area contributed by atoms with Crippen LogP contribution in [-0.4, -0.2) is 5.91 Å². The number of carbonyl (C=O) groups is 1. The monoisotopic (exact) mass is 273 g/mol. The average molecular weight is 274 g/mol. The van der Waals surface area contributed by atoms with Crippen LogP contribution in [0.5, 0.6) is 0 Å². The summed E-state index contributed by atoms with van der Waals surface area (Å²) in [4.78, 5) is 12.1. The maximum Gasteiger partial charge on any atom is 0.251 e. The fraction of sp³-hybridized carbons (Fsp3) is 0.188. The van der Waals surface area contributed by atoms with Crippen LogP contribution in [0.25, 0.3) is 0 Å². The van der Waals surface area contributed by atoms with Crippen LogP contribution in [0.1, 0.15) is 34.5 Å². The van der Waals surface area contributed by atoms with E-state index in [2.05, 4.69) is 5.32 Å². The number of hydrogen-bond donors (Lipinski definition) is 1. The first kappa shape index (κ1) is 13.6. The smallest absolute Gasteiger partial charge is 0.251 e. The van der Waals surface area contributed by atoms with E-state index >= 15 is 0 Å². The van der Waals surface area contributed by atoms with Crippen LogP contribution >= 0.6 is 11.6 Å². The van der Waals surface area contributed by atoms with Gasteiger partial charge in [0.15, 0.2) is 0 Å². The fourth-order valence-electron chi connectivity index (χ4n) is 1.84. The van der Waals surface area contributed by atoms with Gasteiger partial charge in [0.25, 0.3) is 5.91 Å². The number of halogens is 1. The van der Waals surface area contributed by atoms with Gasteiger partial charge in [0.1, 0.15) is 0 Å². The van der Waals surface area contributed by atoms with Gasteiger partial charge in [-0.1, -0.05) is 41.4 Å². The van der Waals surface area contributed by atoms with Crippen LogP contribution in [-0.2, 0) is 0 Å². The van der Waals surface area contributed by atoms with Gasteiger partial charge in [-0.2, -0.15) is 0 Å². The molecule has 0 spiro atoms. The number of aryl methyl sites for hydroxylation is 1. The molecule has 0 aliphatic carbocycles. The van der Waals surface area contributed by atoms with Gasteiger partial charge in [0.2, 0.25) is 0 Å². The van der Waals surface area contributed by atoms with Crippen LogP contribution in [0.2, 0.25) is 5.02 Å². The van der Waals surface area contributed by atoms with Crippen molar-refractivity contribution in [3.63, 3.8) is 0 Å². The predicted octanol–water partition coefficient (Wildman–Crippen LogP) is 4.14. The number of rotatable bonds is 3. The summed E-state index contributed by atoms with van der Waals surface area (Å²) in [5.74, 6) is -0.0764. The summed E-state index contributed by atoms with van der Waals surface area (Å²) in [7, 11) is 0. The summed E-state index contributed by atoms with van der Waals surface area (Å²) < 4.78 is 0. The first-order valence-corrected chi connectivity index (χ1v) is 6.57. The van der Waals surface area contributed by atoms with Gasteiger partial charge in [0.05, 0.1) is 6.04 Å². The lowest BCUT2D eigenvalue weighted by Gasteiger charge is -2.14. The van der Waals surface area contributed by atoms with E-state index in [0.29, 0.717) is 10.6 Å². The van der Waals surface area contributed by atoms with E-state index in [9.17, 15) is 4.79 Å². The molecule has 3 heteroatoms. The van der Waals surface area contributed by atoms with Gasteiger partial charge in [-0.25, -0.2) is 0 Å². The zero-order valence-corrected chi connectivity index (χ0v) is 11.7. The van der Waals surface area contributed by atoms with Gasteiger partial charge < -0.3 is 5.32 Å². The van der Waals surface area contributed by atoms with Crippen molar-refractivity contribution in [2.45, 2.75) is 19.9 Å². The lowest BCUT2D eigenvalue weighted by atomic mass is 10.1. The molecule has 2 nitrogen and oxygen atoms in total. The van der Waals surface area contributed by atoms with E-state index in [0.717, 1.165) is 11.1 Å². The second kappa shape index (κ2) is 5.89. The molecule has 1 amide bonds. The molecule has 0 heterocycles. The molecule has 2 rings (SSSR count). The van der Waals surface area contributed by atoms with Gasteiger partial charge in [-0.05, 0) is 43.7 Å². The molecule has 0 bridgehead atoms. The molecule has 0 aliphatic heterocycles. The van der Waals surface area contributed by atoms with E-state index in [1.165, 1.54) is 0 Å². The zero-order chi connectivity index (χ0) is 13.8. The molecule has 0 radical (unpaired) electrons. The summed E-state index contributed by atoms with van der Waals surface area (Å²) >= 11 is 5.95. The van der Waals surface area contributed by atoms with E-state index in [-0.39, 0.29) is 11.9 Å². The number of amides is 1. The lowest BCUT2D eigenvalue weighted by molar-refractivity contribution is 0.0940. The van der Waals surface area contributed by atoms with Crippen molar-refractivity contribution in [3.05, 3.63) is 70.2 Å². The number of benzene rings is 2. The first-order valence-electron chi connectivity index (χ1n) is 6.19. The second-order valence-electron chi connectivity index (χ2n) is 4.62. The fourth-order valence-corrected chi connectivity index (χ4v) is 2.04. The van der Waals surface area contributed by atoms with Crippen molar-refractivity contribution in [2.24, 2.45) is 0 Å². The Morgan fingerprint density at radius 1 is 1.16 bits per heavy atom. The molecule has 0 unspecified atom stereocenters. The summed E-state index contributed by atoms with van der Waals surface area (Å²) in [6, 6.07) is 15.0. The molecule has 98 valence electrons. The molecule has 0 aliphatic rings.